The number of nitrogens with one attached hydrogen (secondary N) is 2. The molecular weight excluding hydrogens is 470 g/mol. The smallest absolute Gasteiger partial charge is 0.296 e. The zero-order chi connectivity index (χ0) is 25.7. The molecule has 1 atom stereocenters. The van der Waals surface area contributed by atoms with Crippen LogP contribution in [0.15, 0.2) is 30.3 Å². The third-order valence-corrected chi connectivity index (χ3v) is 6.06. The Hall–Kier alpha value is -3.38. The molecule has 2 aromatic heterocycles. The van der Waals surface area contributed by atoms with Gasteiger partial charge in [-0.25, -0.2) is 13.8 Å². The van der Waals surface area contributed by atoms with E-state index in [1.165, 1.54) is 4.57 Å². The van der Waals surface area contributed by atoms with Gasteiger partial charge in [0.25, 0.3) is 6.43 Å². The molecule has 0 aliphatic carbocycles. The van der Waals surface area contributed by atoms with Gasteiger partial charge in [-0.05, 0) is 39.1 Å². The number of likely N-dealkylation sites (N-methyl/N-ethyl adjacent to an activating group) is 1. The largest absolute Gasteiger partial charge is 0.378 e. The average molecular weight is 503 g/mol. The molecule has 1 aliphatic rings. The predicted molar refractivity (Wildman–Crippen MR) is 134 cm³/mol. The standard InChI is InChI=1S/C24H32F2N8O2/c1-16(23(35)32(3)10-6-9-27-2)28-24-30-19(33-11-13-36-14-12-33)15-20(31-24)34-18-8-5-4-7-17(18)29-22(34)21(25)26/h4-5,7-8,15-16,21,27H,6,9-14H2,1-3H3,(H,28,30,31)/t16-/m0/s1. The fourth-order valence-corrected chi connectivity index (χ4v) is 4.18. The van der Waals surface area contributed by atoms with E-state index < -0.39 is 18.3 Å². The molecule has 1 aliphatic heterocycles. The van der Waals surface area contributed by atoms with Gasteiger partial charge < -0.3 is 25.2 Å². The first-order valence-electron chi connectivity index (χ1n) is 12.0. The van der Waals surface area contributed by atoms with Crippen LogP contribution in [0.25, 0.3) is 16.9 Å². The third-order valence-electron chi connectivity index (χ3n) is 6.06. The van der Waals surface area contributed by atoms with Crippen LogP contribution in [0.5, 0.6) is 0 Å². The van der Waals surface area contributed by atoms with Crippen LogP contribution in [-0.2, 0) is 9.53 Å². The number of alkyl halides is 2. The van der Waals surface area contributed by atoms with Crippen LogP contribution in [-0.4, -0.2) is 89.9 Å². The molecule has 36 heavy (non-hydrogen) atoms. The highest BCUT2D eigenvalue weighted by Gasteiger charge is 2.24. The van der Waals surface area contributed by atoms with Gasteiger partial charge in [-0.1, -0.05) is 12.1 Å². The first-order valence-corrected chi connectivity index (χ1v) is 12.0. The highest BCUT2D eigenvalue weighted by Crippen LogP contribution is 2.29. The van der Waals surface area contributed by atoms with Crippen molar-refractivity contribution >= 4 is 28.7 Å². The molecule has 2 N–H and O–H groups in total. The van der Waals surface area contributed by atoms with Crippen LogP contribution in [0.3, 0.4) is 0 Å². The molecule has 0 saturated carbocycles. The number of hydrogen-bond acceptors (Lipinski definition) is 8. The Morgan fingerprint density at radius 1 is 1.17 bits per heavy atom. The number of ether oxygens (including phenoxy) is 1. The molecule has 0 spiro atoms. The van der Waals surface area contributed by atoms with Crippen LogP contribution in [0.2, 0.25) is 0 Å². The van der Waals surface area contributed by atoms with E-state index in [1.807, 2.05) is 11.9 Å². The Morgan fingerprint density at radius 3 is 2.61 bits per heavy atom. The maximum atomic E-state index is 14.0. The van der Waals surface area contributed by atoms with E-state index in [1.54, 1.807) is 49.2 Å². The van der Waals surface area contributed by atoms with Gasteiger partial charge in [0.15, 0.2) is 5.82 Å². The van der Waals surface area contributed by atoms with Crippen molar-refractivity contribution in [2.24, 2.45) is 0 Å². The number of rotatable bonds is 10. The lowest BCUT2D eigenvalue weighted by atomic mass is 10.2. The number of morpholine rings is 1. The van der Waals surface area contributed by atoms with E-state index in [0.29, 0.717) is 49.7 Å². The molecule has 0 radical (unpaired) electrons. The minimum atomic E-state index is -2.80. The Kier molecular flexibility index (Phi) is 8.26. The van der Waals surface area contributed by atoms with Crippen molar-refractivity contribution < 1.29 is 18.3 Å². The highest BCUT2D eigenvalue weighted by molar-refractivity contribution is 5.83. The number of benzene rings is 1. The summed E-state index contributed by atoms with van der Waals surface area (Å²) in [5, 5.41) is 6.15. The number of halogens is 2. The number of carbonyl (C=O) groups excluding carboxylic acids is 1. The lowest BCUT2D eigenvalue weighted by molar-refractivity contribution is -0.130. The summed E-state index contributed by atoms with van der Waals surface area (Å²) >= 11 is 0. The van der Waals surface area contributed by atoms with Gasteiger partial charge in [0, 0.05) is 32.7 Å². The molecule has 3 heterocycles. The van der Waals surface area contributed by atoms with Crippen molar-refractivity contribution in [1.82, 2.24) is 29.7 Å². The number of anilines is 2. The van der Waals surface area contributed by atoms with Gasteiger partial charge in [-0.15, -0.1) is 0 Å². The van der Waals surface area contributed by atoms with Crippen molar-refractivity contribution in [2.75, 3.05) is 63.7 Å². The number of imidazole rings is 1. The van der Waals surface area contributed by atoms with Crippen LogP contribution in [0.1, 0.15) is 25.6 Å². The van der Waals surface area contributed by atoms with Crippen LogP contribution < -0.4 is 15.5 Å². The van der Waals surface area contributed by atoms with Gasteiger partial charge >= 0.3 is 0 Å². The lowest BCUT2D eigenvalue weighted by Gasteiger charge is -2.29. The number of hydrogen-bond donors (Lipinski definition) is 2. The van der Waals surface area contributed by atoms with Gasteiger partial charge in [0.1, 0.15) is 17.7 Å². The van der Waals surface area contributed by atoms with Crippen LogP contribution in [0.4, 0.5) is 20.5 Å². The molecule has 0 bridgehead atoms. The quantitative estimate of drug-likeness (QED) is 0.408. The zero-order valence-electron chi connectivity index (χ0n) is 20.7. The third kappa shape index (κ3) is 5.71. The number of fused-ring (bicyclic) bond motifs is 1. The van der Waals surface area contributed by atoms with Crippen LogP contribution in [0, 0.1) is 0 Å². The highest BCUT2D eigenvalue weighted by atomic mass is 19.3. The summed E-state index contributed by atoms with van der Waals surface area (Å²) in [6, 6.07) is 7.99. The maximum Gasteiger partial charge on any atom is 0.296 e. The minimum absolute atomic E-state index is 0.116. The summed E-state index contributed by atoms with van der Waals surface area (Å²) in [4.78, 5) is 29.9. The number of aromatic nitrogens is 4. The summed E-state index contributed by atoms with van der Waals surface area (Å²) in [5.41, 5.74) is 0.958. The van der Waals surface area contributed by atoms with E-state index in [2.05, 4.69) is 25.6 Å². The van der Waals surface area contributed by atoms with E-state index in [9.17, 15) is 13.6 Å². The normalized spacial score (nSPS) is 14.9. The van der Waals surface area contributed by atoms with Crippen molar-refractivity contribution in [2.45, 2.75) is 25.8 Å². The minimum Gasteiger partial charge on any atom is -0.378 e. The first kappa shape index (κ1) is 25.7. The molecule has 0 unspecified atom stereocenters. The van der Waals surface area contributed by atoms with Crippen molar-refractivity contribution in [3.05, 3.63) is 36.2 Å². The molecule has 1 aromatic carbocycles. The topological polar surface area (TPSA) is 100 Å². The summed E-state index contributed by atoms with van der Waals surface area (Å²) in [5.74, 6) is 0.471. The molecule has 1 fully saturated rings. The Balaban J connectivity index is 1.71. The Morgan fingerprint density at radius 2 is 1.89 bits per heavy atom. The molecule has 1 amide bonds. The van der Waals surface area contributed by atoms with Crippen molar-refractivity contribution in [1.29, 1.82) is 0 Å². The fraction of sp³-hybridized carbons (Fsp3) is 0.500. The molecule has 12 heteroatoms. The molecule has 3 aromatic rings. The van der Waals surface area contributed by atoms with E-state index in [4.69, 9.17) is 4.74 Å². The molecule has 10 nitrogen and oxygen atoms in total. The Bertz CT molecular complexity index is 1180. The van der Waals surface area contributed by atoms with Gasteiger partial charge in [0.2, 0.25) is 11.9 Å². The molecule has 194 valence electrons. The summed E-state index contributed by atoms with van der Waals surface area (Å²) in [6.45, 7) is 5.41. The van der Waals surface area contributed by atoms with Gasteiger partial charge in [-0.3, -0.25) is 9.36 Å². The number of carbonyl (C=O) groups is 1. The summed E-state index contributed by atoms with van der Waals surface area (Å²) in [6.07, 6.45) is -1.98. The molecule has 1 saturated heterocycles. The van der Waals surface area contributed by atoms with Gasteiger partial charge in [0.05, 0.1) is 24.2 Å². The monoisotopic (exact) mass is 502 g/mol. The SMILES string of the molecule is CNCCCN(C)C(=O)[C@H](C)Nc1nc(N2CCOCC2)cc(-n2c(C(F)F)nc3ccccc32)n1. The molecular formula is C24H32F2N8O2. The second-order valence-corrected chi connectivity index (χ2v) is 8.69. The number of nitrogens with zero attached hydrogens (tertiary/aromatic N) is 6. The second kappa shape index (κ2) is 11.6. The number of amides is 1. The Labute approximate surface area is 208 Å². The fourth-order valence-electron chi connectivity index (χ4n) is 4.18. The van der Waals surface area contributed by atoms with Gasteiger partial charge in [-0.2, -0.15) is 9.97 Å². The van der Waals surface area contributed by atoms with Crippen LogP contribution >= 0.6 is 0 Å². The van der Waals surface area contributed by atoms with E-state index in [-0.39, 0.29) is 17.7 Å². The van der Waals surface area contributed by atoms with E-state index in [0.717, 1.165) is 13.0 Å². The van der Waals surface area contributed by atoms with Crippen molar-refractivity contribution in [3.63, 3.8) is 0 Å². The summed E-state index contributed by atoms with van der Waals surface area (Å²) < 4.78 is 34.8. The zero-order valence-corrected chi connectivity index (χ0v) is 20.7. The molecule has 4 rings (SSSR count). The first-order chi connectivity index (χ1) is 17.4. The average Bonchev–Trinajstić information content (AvgIpc) is 3.29. The van der Waals surface area contributed by atoms with E-state index >= 15 is 0 Å². The predicted octanol–water partition coefficient (Wildman–Crippen LogP) is 2.46. The lowest BCUT2D eigenvalue weighted by Crippen LogP contribution is -2.40. The summed E-state index contributed by atoms with van der Waals surface area (Å²) in [7, 11) is 3.62. The maximum absolute atomic E-state index is 14.0. The second-order valence-electron chi connectivity index (χ2n) is 8.69. The van der Waals surface area contributed by atoms with Crippen molar-refractivity contribution in [3.8, 4) is 5.82 Å². The number of para-hydroxylation sites is 2.